The molecule has 1 nitrogen and oxygen atoms in total. The van der Waals surface area contributed by atoms with E-state index in [1.165, 1.54) is 23.3 Å². The molecule has 2 aromatic rings. The predicted molar refractivity (Wildman–Crippen MR) is 72.8 cm³/mol. The molecular formula is C16H18FN. The molecule has 94 valence electrons. The van der Waals surface area contributed by atoms with Gasteiger partial charge in [-0.05, 0) is 37.1 Å². The molecule has 2 aromatic carbocycles. The monoisotopic (exact) mass is 243 g/mol. The molecule has 18 heavy (non-hydrogen) atoms. The summed E-state index contributed by atoms with van der Waals surface area (Å²) < 4.78 is 12.8. The Labute approximate surface area is 108 Å². The van der Waals surface area contributed by atoms with Crippen molar-refractivity contribution in [1.82, 2.24) is 5.32 Å². The lowest BCUT2D eigenvalue weighted by Gasteiger charge is -2.14. The van der Waals surface area contributed by atoms with Gasteiger partial charge in [-0.3, -0.25) is 0 Å². The predicted octanol–water partition coefficient (Wildman–Crippen LogP) is 3.98. The summed E-state index contributed by atoms with van der Waals surface area (Å²) in [7, 11) is 0. The largest absolute Gasteiger partial charge is 0.306 e. The smallest absolute Gasteiger partial charge is 0.123 e. The first kappa shape index (κ1) is 12.8. The van der Waals surface area contributed by atoms with Gasteiger partial charge in [0.15, 0.2) is 0 Å². The lowest BCUT2D eigenvalue weighted by Crippen LogP contribution is -2.18. The Kier molecular flexibility index (Phi) is 4.11. The van der Waals surface area contributed by atoms with Crippen molar-refractivity contribution in [2.75, 3.05) is 0 Å². The minimum Gasteiger partial charge on any atom is -0.306 e. The summed E-state index contributed by atoms with van der Waals surface area (Å²) in [6, 6.07) is 15.3. The van der Waals surface area contributed by atoms with Crippen molar-refractivity contribution in [2.45, 2.75) is 26.4 Å². The quantitative estimate of drug-likeness (QED) is 0.856. The first-order valence-electron chi connectivity index (χ1n) is 6.19. The summed E-state index contributed by atoms with van der Waals surface area (Å²) in [5, 5.41) is 3.44. The Morgan fingerprint density at radius 3 is 2.50 bits per heavy atom. The zero-order valence-corrected chi connectivity index (χ0v) is 10.8. The molecule has 0 radical (unpaired) electrons. The summed E-state index contributed by atoms with van der Waals surface area (Å²) in [5.41, 5.74) is 3.64. The molecule has 0 amide bonds. The number of hydrogen-bond donors (Lipinski definition) is 1. The Morgan fingerprint density at radius 2 is 1.83 bits per heavy atom. The zero-order chi connectivity index (χ0) is 13.0. The van der Waals surface area contributed by atoms with E-state index < -0.39 is 0 Å². The topological polar surface area (TPSA) is 12.0 Å². The summed E-state index contributed by atoms with van der Waals surface area (Å²) in [6.45, 7) is 5.00. The van der Waals surface area contributed by atoms with E-state index in [1.54, 1.807) is 0 Å². The van der Waals surface area contributed by atoms with Crippen LogP contribution in [0.15, 0.2) is 48.5 Å². The second-order valence-corrected chi connectivity index (χ2v) is 4.64. The highest BCUT2D eigenvalue weighted by Crippen LogP contribution is 2.14. The van der Waals surface area contributed by atoms with Gasteiger partial charge in [0.25, 0.3) is 0 Å². The van der Waals surface area contributed by atoms with E-state index in [2.05, 4.69) is 43.4 Å². The van der Waals surface area contributed by atoms with Gasteiger partial charge >= 0.3 is 0 Å². The molecule has 0 unspecified atom stereocenters. The van der Waals surface area contributed by atoms with Crippen molar-refractivity contribution >= 4 is 0 Å². The number of benzene rings is 2. The van der Waals surface area contributed by atoms with Gasteiger partial charge in [0.1, 0.15) is 5.82 Å². The maximum Gasteiger partial charge on any atom is 0.123 e. The molecule has 0 aliphatic rings. The lowest BCUT2D eigenvalue weighted by molar-refractivity contribution is 0.571. The van der Waals surface area contributed by atoms with Crippen molar-refractivity contribution in [2.24, 2.45) is 0 Å². The van der Waals surface area contributed by atoms with E-state index in [-0.39, 0.29) is 11.9 Å². The van der Waals surface area contributed by atoms with Crippen LogP contribution >= 0.6 is 0 Å². The van der Waals surface area contributed by atoms with Crippen LogP contribution < -0.4 is 5.32 Å². The van der Waals surface area contributed by atoms with Crippen molar-refractivity contribution < 1.29 is 4.39 Å². The van der Waals surface area contributed by atoms with E-state index >= 15 is 0 Å². The third-order valence-corrected chi connectivity index (χ3v) is 3.06. The molecule has 0 aromatic heterocycles. The minimum absolute atomic E-state index is 0.190. The van der Waals surface area contributed by atoms with E-state index in [0.717, 1.165) is 12.1 Å². The zero-order valence-electron chi connectivity index (χ0n) is 10.8. The average Bonchev–Trinajstić information content (AvgIpc) is 2.37. The van der Waals surface area contributed by atoms with Crippen LogP contribution in [0.4, 0.5) is 4.39 Å². The van der Waals surface area contributed by atoms with Crippen LogP contribution in [0.5, 0.6) is 0 Å². The molecule has 0 aliphatic heterocycles. The van der Waals surface area contributed by atoms with Crippen molar-refractivity contribution in [1.29, 1.82) is 0 Å². The van der Waals surface area contributed by atoms with Crippen LogP contribution in [0, 0.1) is 12.7 Å². The Hall–Kier alpha value is -1.67. The number of aryl methyl sites for hydroxylation is 1. The molecule has 0 saturated heterocycles. The van der Waals surface area contributed by atoms with Gasteiger partial charge in [-0.1, -0.05) is 42.0 Å². The Bertz CT molecular complexity index is 505. The molecule has 0 heterocycles. The van der Waals surface area contributed by atoms with Gasteiger partial charge < -0.3 is 5.32 Å². The van der Waals surface area contributed by atoms with Crippen molar-refractivity contribution in [3.63, 3.8) is 0 Å². The Morgan fingerprint density at radius 1 is 1.11 bits per heavy atom. The first-order valence-corrected chi connectivity index (χ1v) is 6.19. The molecule has 0 aliphatic carbocycles. The summed E-state index contributed by atoms with van der Waals surface area (Å²) >= 11 is 0. The standard InChI is InChI=1S/C16H18FN/c1-12-4-3-5-14(10-12)11-18-13(2)15-6-8-16(17)9-7-15/h3-10,13,18H,11H2,1-2H3/t13-/m0/s1. The van der Waals surface area contributed by atoms with E-state index in [4.69, 9.17) is 0 Å². The molecule has 1 atom stereocenters. The normalized spacial score (nSPS) is 12.4. The summed E-state index contributed by atoms with van der Waals surface area (Å²) in [5.74, 6) is -0.190. The first-order chi connectivity index (χ1) is 8.65. The molecule has 2 rings (SSSR count). The minimum atomic E-state index is -0.190. The van der Waals surface area contributed by atoms with Crippen LogP contribution in [0.2, 0.25) is 0 Å². The molecule has 0 fully saturated rings. The number of halogens is 1. The molecule has 1 N–H and O–H groups in total. The highest BCUT2D eigenvalue weighted by atomic mass is 19.1. The summed E-state index contributed by atoms with van der Waals surface area (Å²) in [4.78, 5) is 0. The maximum atomic E-state index is 12.8. The van der Waals surface area contributed by atoms with Gasteiger partial charge in [0.2, 0.25) is 0 Å². The van der Waals surface area contributed by atoms with Crippen LogP contribution in [-0.2, 0) is 6.54 Å². The maximum absolute atomic E-state index is 12.8. The van der Waals surface area contributed by atoms with Crippen LogP contribution in [0.3, 0.4) is 0 Å². The second kappa shape index (κ2) is 5.78. The third-order valence-electron chi connectivity index (χ3n) is 3.06. The van der Waals surface area contributed by atoms with Crippen molar-refractivity contribution in [3.8, 4) is 0 Å². The van der Waals surface area contributed by atoms with Gasteiger partial charge in [0.05, 0.1) is 0 Å². The van der Waals surface area contributed by atoms with E-state index in [0.29, 0.717) is 0 Å². The molecule has 0 saturated carbocycles. The van der Waals surface area contributed by atoms with Gasteiger partial charge in [-0.25, -0.2) is 4.39 Å². The van der Waals surface area contributed by atoms with Crippen LogP contribution in [-0.4, -0.2) is 0 Å². The average molecular weight is 243 g/mol. The molecule has 0 bridgehead atoms. The number of rotatable bonds is 4. The fraction of sp³-hybridized carbons (Fsp3) is 0.250. The second-order valence-electron chi connectivity index (χ2n) is 4.64. The molecular weight excluding hydrogens is 225 g/mol. The fourth-order valence-corrected chi connectivity index (χ4v) is 1.96. The van der Waals surface area contributed by atoms with Crippen molar-refractivity contribution in [3.05, 3.63) is 71.0 Å². The highest BCUT2D eigenvalue weighted by molar-refractivity contribution is 5.23. The van der Waals surface area contributed by atoms with Crippen LogP contribution in [0.1, 0.15) is 29.7 Å². The van der Waals surface area contributed by atoms with Crippen LogP contribution in [0.25, 0.3) is 0 Å². The Balaban J connectivity index is 1.96. The molecule has 2 heteroatoms. The lowest BCUT2D eigenvalue weighted by atomic mass is 10.1. The SMILES string of the molecule is Cc1cccc(CN[C@@H](C)c2ccc(F)cc2)c1. The van der Waals surface area contributed by atoms with Gasteiger partial charge in [-0.2, -0.15) is 0 Å². The highest BCUT2D eigenvalue weighted by Gasteiger charge is 2.04. The van der Waals surface area contributed by atoms with E-state index in [9.17, 15) is 4.39 Å². The van der Waals surface area contributed by atoms with Gasteiger partial charge in [0, 0.05) is 12.6 Å². The van der Waals surface area contributed by atoms with E-state index in [1.807, 2.05) is 12.1 Å². The third kappa shape index (κ3) is 3.41. The molecule has 0 spiro atoms. The summed E-state index contributed by atoms with van der Waals surface area (Å²) in [6.07, 6.45) is 0. The fourth-order valence-electron chi connectivity index (χ4n) is 1.96. The number of hydrogen-bond acceptors (Lipinski definition) is 1. The number of nitrogens with one attached hydrogen (secondary N) is 1. The van der Waals surface area contributed by atoms with Gasteiger partial charge in [-0.15, -0.1) is 0 Å².